The van der Waals surface area contributed by atoms with Crippen molar-refractivity contribution in [2.45, 2.75) is 40.5 Å². The van der Waals surface area contributed by atoms with Crippen molar-refractivity contribution in [3.63, 3.8) is 0 Å². The fourth-order valence-electron chi connectivity index (χ4n) is 2.12. The van der Waals surface area contributed by atoms with E-state index < -0.39 is 5.97 Å². The quantitative estimate of drug-likeness (QED) is 0.711. The number of carboxylic acid groups (broad SMARTS) is 1. The van der Waals surface area contributed by atoms with Crippen molar-refractivity contribution in [1.82, 2.24) is 4.90 Å². The first kappa shape index (κ1) is 16.7. The summed E-state index contributed by atoms with van der Waals surface area (Å²) in [4.78, 5) is 24.0. The lowest BCUT2D eigenvalue weighted by molar-refractivity contribution is -0.144. The van der Waals surface area contributed by atoms with Crippen LogP contribution in [0.15, 0.2) is 12.7 Å². The first-order valence-corrected chi connectivity index (χ1v) is 6.26. The van der Waals surface area contributed by atoms with Crippen LogP contribution in [0, 0.1) is 11.3 Å². The molecular formula is C14H25NO3. The molecule has 1 N–H and O–H groups in total. The Bertz CT molecular complexity index is 305. The minimum absolute atomic E-state index is 0.117. The summed E-state index contributed by atoms with van der Waals surface area (Å²) in [6.07, 6.45) is 2.88. The minimum atomic E-state index is -0.992. The predicted octanol–water partition coefficient (Wildman–Crippen LogP) is 2.55. The van der Waals surface area contributed by atoms with E-state index in [0.29, 0.717) is 6.42 Å². The molecule has 104 valence electrons. The van der Waals surface area contributed by atoms with E-state index in [-0.39, 0.29) is 30.3 Å². The van der Waals surface area contributed by atoms with Gasteiger partial charge in [-0.2, -0.15) is 0 Å². The highest BCUT2D eigenvalue weighted by atomic mass is 16.4. The average Bonchev–Trinajstić information content (AvgIpc) is 2.12. The molecular weight excluding hydrogens is 230 g/mol. The highest BCUT2D eigenvalue weighted by Gasteiger charge is 2.21. The monoisotopic (exact) mass is 255 g/mol. The summed E-state index contributed by atoms with van der Waals surface area (Å²) in [6.45, 7) is 12.0. The molecule has 18 heavy (non-hydrogen) atoms. The molecule has 0 aliphatic carbocycles. The van der Waals surface area contributed by atoms with Gasteiger partial charge in [0.2, 0.25) is 5.91 Å². The Morgan fingerprint density at radius 2 is 1.94 bits per heavy atom. The third-order valence-corrected chi connectivity index (χ3v) is 2.51. The summed E-state index contributed by atoms with van der Waals surface area (Å²) in [5, 5.41) is 8.75. The number of aliphatic carboxylic acids is 1. The molecule has 1 amide bonds. The smallest absolute Gasteiger partial charge is 0.323 e. The summed E-state index contributed by atoms with van der Waals surface area (Å²) in [5.74, 6) is -0.860. The van der Waals surface area contributed by atoms with Gasteiger partial charge in [0.15, 0.2) is 0 Å². The van der Waals surface area contributed by atoms with Crippen LogP contribution in [-0.2, 0) is 9.59 Å². The van der Waals surface area contributed by atoms with Crippen LogP contribution in [0.2, 0.25) is 0 Å². The molecule has 0 saturated heterocycles. The summed E-state index contributed by atoms with van der Waals surface area (Å²) < 4.78 is 0. The van der Waals surface area contributed by atoms with Crippen LogP contribution in [-0.4, -0.2) is 35.0 Å². The highest BCUT2D eigenvalue weighted by Crippen LogP contribution is 2.26. The molecule has 0 bridgehead atoms. The number of rotatable bonds is 7. The molecule has 0 rings (SSSR count). The van der Waals surface area contributed by atoms with E-state index >= 15 is 0 Å². The molecule has 4 nitrogen and oxygen atoms in total. The Kier molecular flexibility index (Phi) is 6.66. The largest absolute Gasteiger partial charge is 0.480 e. The fraction of sp³-hybridized carbons (Fsp3) is 0.714. The summed E-state index contributed by atoms with van der Waals surface area (Å²) in [6, 6.07) is 0. The lowest BCUT2D eigenvalue weighted by Gasteiger charge is -2.25. The molecule has 1 atom stereocenters. The van der Waals surface area contributed by atoms with Crippen LogP contribution in [0.3, 0.4) is 0 Å². The van der Waals surface area contributed by atoms with Crippen LogP contribution in [0.1, 0.15) is 40.5 Å². The number of hydrogen-bond donors (Lipinski definition) is 1. The molecule has 0 heterocycles. The van der Waals surface area contributed by atoms with Gasteiger partial charge in [-0.25, -0.2) is 0 Å². The van der Waals surface area contributed by atoms with Crippen molar-refractivity contribution in [3.8, 4) is 0 Å². The van der Waals surface area contributed by atoms with Gasteiger partial charge in [0, 0.05) is 13.0 Å². The van der Waals surface area contributed by atoms with Crippen LogP contribution in [0.5, 0.6) is 0 Å². The third-order valence-electron chi connectivity index (χ3n) is 2.51. The van der Waals surface area contributed by atoms with E-state index in [2.05, 4.69) is 27.4 Å². The topological polar surface area (TPSA) is 57.6 Å². The first-order chi connectivity index (χ1) is 8.15. The number of carboxylic acids is 1. The van der Waals surface area contributed by atoms with Crippen molar-refractivity contribution in [2.75, 3.05) is 13.1 Å². The van der Waals surface area contributed by atoms with Gasteiger partial charge >= 0.3 is 5.97 Å². The van der Waals surface area contributed by atoms with E-state index in [9.17, 15) is 9.59 Å². The second-order valence-corrected chi connectivity index (χ2v) is 6.03. The first-order valence-electron chi connectivity index (χ1n) is 6.26. The summed E-state index contributed by atoms with van der Waals surface area (Å²) >= 11 is 0. The minimum Gasteiger partial charge on any atom is -0.480 e. The molecule has 0 aliphatic rings. The van der Waals surface area contributed by atoms with E-state index in [0.717, 1.165) is 6.42 Å². The van der Waals surface area contributed by atoms with Gasteiger partial charge in [-0.1, -0.05) is 33.8 Å². The summed E-state index contributed by atoms with van der Waals surface area (Å²) in [5.41, 5.74) is 0.176. The number of carbonyl (C=O) groups is 2. The number of nitrogens with zero attached hydrogens (tertiary/aromatic N) is 1. The molecule has 0 radical (unpaired) electrons. The van der Waals surface area contributed by atoms with Crippen molar-refractivity contribution in [2.24, 2.45) is 11.3 Å². The van der Waals surface area contributed by atoms with Gasteiger partial charge in [-0.05, 0) is 17.8 Å². The van der Waals surface area contributed by atoms with E-state index in [1.54, 1.807) is 6.08 Å². The molecule has 0 spiro atoms. The highest BCUT2D eigenvalue weighted by molar-refractivity contribution is 5.81. The zero-order valence-electron chi connectivity index (χ0n) is 11.9. The molecule has 0 aliphatic heterocycles. The molecule has 4 heteroatoms. The maximum absolute atomic E-state index is 12.0. The van der Waals surface area contributed by atoms with Gasteiger partial charge in [0.05, 0.1) is 0 Å². The Morgan fingerprint density at radius 1 is 1.39 bits per heavy atom. The standard InChI is InChI=1S/C14H25NO3/c1-6-7-15(10-13(17)18)12(16)8-11(2)9-14(3,4)5/h6,11H,1,7-10H2,2-5H3,(H,17,18). The van der Waals surface area contributed by atoms with E-state index in [4.69, 9.17) is 5.11 Å². The zero-order chi connectivity index (χ0) is 14.3. The fourth-order valence-corrected chi connectivity index (χ4v) is 2.12. The molecule has 0 fully saturated rings. The van der Waals surface area contributed by atoms with Crippen LogP contribution >= 0.6 is 0 Å². The van der Waals surface area contributed by atoms with Crippen molar-refractivity contribution < 1.29 is 14.7 Å². The summed E-state index contributed by atoms with van der Waals surface area (Å²) in [7, 11) is 0. The Labute approximate surface area is 110 Å². The second kappa shape index (κ2) is 7.19. The van der Waals surface area contributed by atoms with Gasteiger partial charge < -0.3 is 10.0 Å². The normalized spacial score (nSPS) is 12.9. The predicted molar refractivity (Wildman–Crippen MR) is 72.3 cm³/mol. The number of hydrogen-bond acceptors (Lipinski definition) is 2. The molecule has 1 unspecified atom stereocenters. The Hall–Kier alpha value is -1.32. The van der Waals surface area contributed by atoms with Gasteiger partial charge in [0.1, 0.15) is 6.54 Å². The molecule has 0 aromatic carbocycles. The van der Waals surface area contributed by atoms with Crippen LogP contribution < -0.4 is 0 Å². The van der Waals surface area contributed by atoms with Gasteiger partial charge in [-0.3, -0.25) is 9.59 Å². The van der Waals surface area contributed by atoms with Crippen molar-refractivity contribution in [1.29, 1.82) is 0 Å². The van der Waals surface area contributed by atoms with E-state index in [1.807, 2.05) is 6.92 Å². The lowest BCUT2D eigenvalue weighted by atomic mass is 9.84. The third kappa shape index (κ3) is 7.87. The molecule has 0 saturated carbocycles. The average molecular weight is 255 g/mol. The van der Waals surface area contributed by atoms with Crippen molar-refractivity contribution in [3.05, 3.63) is 12.7 Å². The van der Waals surface area contributed by atoms with Crippen molar-refractivity contribution >= 4 is 11.9 Å². The zero-order valence-corrected chi connectivity index (χ0v) is 11.9. The molecule has 0 aromatic rings. The lowest BCUT2D eigenvalue weighted by Crippen LogP contribution is -2.36. The number of amides is 1. The molecule has 0 aromatic heterocycles. The van der Waals surface area contributed by atoms with Crippen LogP contribution in [0.4, 0.5) is 0 Å². The van der Waals surface area contributed by atoms with Crippen LogP contribution in [0.25, 0.3) is 0 Å². The van der Waals surface area contributed by atoms with Gasteiger partial charge in [-0.15, -0.1) is 6.58 Å². The second-order valence-electron chi connectivity index (χ2n) is 6.03. The maximum Gasteiger partial charge on any atom is 0.323 e. The van der Waals surface area contributed by atoms with E-state index in [1.165, 1.54) is 4.90 Å². The maximum atomic E-state index is 12.0. The number of carbonyl (C=O) groups excluding carboxylic acids is 1. The Morgan fingerprint density at radius 3 is 2.33 bits per heavy atom. The SMILES string of the molecule is C=CCN(CC(=O)O)C(=O)CC(C)CC(C)(C)C. The Balaban J connectivity index is 4.41. The van der Waals surface area contributed by atoms with Gasteiger partial charge in [0.25, 0.3) is 0 Å².